The van der Waals surface area contributed by atoms with Gasteiger partial charge in [-0.3, -0.25) is 9.36 Å². The molecule has 0 radical (unpaired) electrons. The van der Waals surface area contributed by atoms with Gasteiger partial charge in [-0.05, 0) is 20.3 Å². The van der Waals surface area contributed by atoms with Crippen LogP contribution in [0.5, 0.6) is 0 Å². The van der Waals surface area contributed by atoms with Gasteiger partial charge < -0.3 is 4.57 Å². The third kappa shape index (κ3) is 8.04. The van der Waals surface area contributed by atoms with Crippen molar-refractivity contribution in [3.05, 3.63) is 62.3 Å². The summed E-state index contributed by atoms with van der Waals surface area (Å²) < 4.78 is 3.71. The third-order valence-electron chi connectivity index (χ3n) is 4.32. The standard InChI is InChI=1S/C10H12O.C8H12N2OS.C4H10/c1-2-6-10(11)9-7-4-3-5-8-9;1-5-6(2)9(3)8(11)10(4)7(5)12;1-3-4-2/h3-5,7-8H,2,6H2,1H3;1-4H3;3-4H2,1-2H3. The lowest BCUT2D eigenvalue weighted by molar-refractivity contribution is 0.0981. The molecule has 0 bridgehead atoms. The van der Waals surface area contributed by atoms with Gasteiger partial charge in [0.25, 0.3) is 0 Å². The van der Waals surface area contributed by atoms with Crippen LogP contribution in [0.2, 0.25) is 0 Å². The van der Waals surface area contributed by atoms with Crippen molar-refractivity contribution >= 4 is 18.0 Å². The first-order valence-corrected chi connectivity index (χ1v) is 9.95. The van der Waals surface area contributed by atoms with Gasteiger partial charge in [-0.2, -0.15) is 0 Å². The number of Topliss-reactive ketones (excluding diaryl/α,β-unsaturated/α-hetero) is 1. The normalized spacial score (nSPS) is 9.59. The summed E-state index contributed by atoms with van der Waals surface area (Å²) in [6.07, 6.45) is 4.22. The molecule has 0 aliphatic heterocycles. The van der Waals surface area contributed by atoms with Gasteiger partial charge in [0.1, 0.15) is 4.64 Å². The smallest absolute Gasteiger partial charge is 0.301 e. The zero-order chi connectivity index (χ0) is 21.0. The Morgan fingerprint density at radius 3 is 1.89 bits per heavy atom. The van der Waals surface area contributed by atoms with Gasteiger partial charge in [-0.25, -0.2) is 4.79 Å². The van der Waals surface area contributed by atoms with Crippen molar-refractivity contribution in [3.8, 4) is 0 Å². The van der Waals surface area contributed by atoms with Crippen LogP contribution in [0.1, 0.15) is 68.1 Å². The Morgan fingerprint density at radius 2 is 1.44 bits per heavy atom. The molecule has 0 saturated carbocycles. The number of ketones is 1. The molecule has 1 heterocycles. The van der Waals surface area contributed by atoms with Crippen molar-refractivity contribution in [1.29, 1.82) is 0 Å². The summed E-state index contributed by atoms with van der Waals surface area (Å²) in [7, 11) is 3.44. The number of hydrogen-bond acceptors (Lipinski definition) is 3. The summed E-state index contributed by atoms with van der Waals surface area (Å²) in [5, 5.41) is 0. The summed E-state index contributed by atoms with van der Waals surface area (Å²) in [5.74, 6) is 0.244. The Kier molecular flexibility index (Phi) is 12.2. The fourth-order valence-corrected chi connectivity index (χ4v) is 2.33. The van der Waals surface area contributed by atoms with Crippen molar-refractivity contribution in [2.24, 2.45) is 14.1 Å². The minimum Gasteiger partial charge on any atom is -0.301 e. The van der Waals surface area contributed by atoms with E-state index < -0.39 is 0 Å². The maximum absolute atomic E-state index is 11.4. The van der Waals surface area contributed by atoms with E-state index in [0.29, 0.717) is 11.1 Å². The molecule has 0 amide bonds. The topological polar surface area (TPSA) is 44.0 Å². The first-order valence-electron chi connectivity index (χ1n) is 9.54. The predicted octanol–water partition coefficient (Wildman–Crippen LogP) is 5.55. The van der Waals surface area contributed by atoms with Gasteiger partial charge in [-0.1, -0.05) is 76.2 Å². The fourth-order valence-electron chi connectivity index (χ4n) is 2.11. The van der Waals surface area contributed by atoms with Crippen LogP contribution in [0, 0.1) is 18.5 Å². The zero-order valence-corrected chi connectivity index (χ0v) is 18.7. The highest BCUT2D eigenvalue weighted by molar-refractivity contribution is 7.71. The molecule has 0 N–H and O–H groups in total. The van der Waals surface area contributed by atoms with Crippen LogP contribution in [0.25, 0.3) is 0 Å². The molecule has 0 spiro atoms. The zero-order valence-electron chi connectivity index (χ0n) is 17.8. The Hall–Kier alpha value is -2.01. The molecule has 1 aromatic carbocycles. The summed E-state index contributed by atoms with van der Waals surface area (Å²) in [5.41, 5.74) is 2.69. The van der Waals surface area contributed by atoms with Crippen LogP contribution in [0.3, 0.4) is 0 Å². The van der Waals surface area contributed by atoms with E-state index in [-0.39, 0.29) is 11.5 Å². The van der Waals surface area contributed by atoms with Gasteiger partial charge in [0, 0.05) is 37.3 Å². The van der Waals surface area contributed by atoms with E-state index in [9.17, 15) is 9.59 Å². The van der Waals surface area contributed by atoms with E-state index in [1.165, 1.54) is 17.4 Å². The highest BCUT2D eigenvalue weighted by Gasteiger charge is 2.04. The molecule has 1 aromatic heterocycles. The lowest BCUT2D eigenvalue weighted by Crippen LogP contribution is -2.29. The SMILES string of the molecule is CCCC.CCCC(=O)c1ccccc1.Cc1c(C)n(C)c(=O)n(C)c1=S. The molecule has 4 nitrogen and oxygen atoms in total. The number of benzene rings is 1. The average Bonchev–Trinajstić information content (AvgIpc) is 2.71. The van der Waals surface area contributed by atoms with E-state index in [0.717, 1.165) is 23.2 Å². The lowest BCUT2D eigenvalue weighted by atomic mass is 10.1. The van der Waals surface area contributed by atoms with E-state index >= 15 is 0 Å². The van der Waals surface area contributed by atoms with Gasteiger partial charge in [0.05, 0.1) is 0 Å². The van der Waals surface area contributed by atoms with Crippen molar-refractivity contribution in [3.63, 3.8) is 0 Å². The molecule has 5 heteroatoms. The van der Waals surface area contributed by atoms with Gasteiger partial charge in [0.15, 0.2) is 5.78 Å². The number of unbranched alkanes of at least 4 members (excludes halogenated alkanes) is 1. The molecule has 0 saturated heterocycles. The molecule has 0 aliphatic rings. The van der Waals surface area contributed by atoms with E-state index in [1.807, 2.05) is 51.1 Å². The van der Waals surface area contributed by atoms with Crippen LogP contribution in [0.4, 0.5) is 0 Å². The Bertz CT molecular complexity index is 781. The highest BCUT2D eigenvalue weighted by atomic mass is 32.1. The van der Waals surface area contributed by atoms with Gasteiger partial charge in [-0.15, -0.1) is 0 Å². The first-order chi connectivity index (χ1) is 12.7. The second-order valence-electron chi connectivity index (χ2n) is 6.46. The number of hydrogen-bond donors (Lipinski definition) is 0. The monoisotopic (exact) mass is 390 g/mol. The first kappa shape index (κ1) is 25.0. The Labute approximate surface area is 168 Å². The molecular weight excluding hydrogens is 356 g/mol. The maximum atomic E-state index is 11.4. The van der Waals surface area contributed by atoms with Gasteiger partial charge >= 0.3 is 5.69 Å². The van der Waals surface area contributed by atoms with Crippen LogP contribution in [0.15, 0.2) is 35.1 Å². The molecule has 27 heavy (non-hydrogen) atoms. The van der Waals surface area contributed by atoms with Crippen molar-refractivity contribution in [1.82, 2.24) is 9.13 Å². The second kappa shape index (κ2) is 13.2. The van der Waals surface area contributed by atoms with Crippen molar-refractivity contribution < 1.29 is 4.79 Å². The predicted molar refractivity (Wildman–Crippen MR) is 117 cm³/mol. The van der Waals surface area contributed by atoms with Crippen LogP contribution in [-0.4, -0.2) is 14.9 Å². The number of carbonyl (C=O) groups is 1. The quantitative estimate of drug-likeness (QED) is 0.508. The summed E-state index contributed by atoms with van der Waals surface area (Å²) in [6.45, 7) is 10.2. The molecule has 150 valence electrons. The Balaban J connectivity index is 0.000000421. The Morgan fingerprint density at radius 1 is 0.926 bits per heavy atom. The lowest BCUT2D eigenvalue weighted by Gasteiger charge is -2.09. The molecule has 0 fully saturated rings. The van der Waals surface area contributed by atoms with Gasteiger partial charge in [0.2, 0.25) is 0 Å². The van der Waals surface area contributed by atoms with E-state index in [4.69, 9.17) is 12.2 Å². The van der Waals surface area contributed by atoms with E-state index in [1.54, 1.807) is 18.7 Å². The second-order valence-corrected chi connectivity index (χ2v) is 6.84. The van der Waals surface area contributed by atoms with Crippen molar-refractivity contribution in [2.45, 2.75) is 60.3 Å². The molecule has 0 atom stereocenters. The van der Waals surface area contributed by atoms with Crippen molar-refractivity contribution in [2.75, 3.05) is 0 Å². The maximum Gasteiger partial charge on any atom is 0.328 e. The van der Waals surface area contributed by atoms with Crippen LogP contribution < -0.4 is 5.69 Å². The largest absolute Gasteiger partial charge is 0.328 e. The molecule has 2 rings (SSSR count). The fraction of sp³-hybridized carbons (Fsp3) is 0.500. The number of aromatic nitrogens is 2. The minimum absolute atomic E-state index is 0.0666. The summed E-state index contributed by atoms with van der Waals surface area (Å²) in [4.78, 5) is 22.7. The summed E-state index contributed by atoms with van der Waals surface area (Å²) >= 11 is 5.08. The molecule has 0 unspecified atom stereocenters. The summed E-state index contributed by atoms with van der Waals surface area (Å²) in [6, 6.07) is 9.42. The molecule has 2 aromatic rings. The third-order valence-corrected chi connectivity index (χ3v) is 4.90. The van der Waals surface area contributed by atoms with Crippen LogP contribution in [-0.2, 0) is 14.1 Å². The minimum atomic E-state index is -0.0666. The average molecular weight is 391 g/mol. The van der Waals surface area contributed by atoms with E-state index in [2.05, 4.69) is 13.8 Å². The number of rotatable bonds is 4. The molecular formula is C22H34N2O2S. The number of carbonyl (C=O) groups excluding carboxylic acids is 1. The highest BCUT2D eigenvalue weighted by Crippen LogP contribution is 2.04. The van der Waals surface area contributed by atoms with Crippen LogP contribution >= 0.6 is 12.2 Å². The number of nitrogens with zero attached hydrogens (tertiary/aromatic N) is 2. The molecule has 0 aliphatic carbocycles.